The molecule has 10 heteroatoms. The number of aliphatic hydroxyl groups is 3. The van der Waals surface area contributed by atoms with Crippen molar-refractivity contribution < 1.29 is 29.5 Å². The summed E-state index contributed by atoms with van der Waals surface area (Å²) in [4.78, 5) is 12.5. The van der Waals surface area contributed by atoms with E-state index < -0.39 is 31.1 Å². The molecule has 23 heavy (non-hydrogen) atoms. The third kappa shape index (κ3) is 2.70. The van der Waals surface area contributed by atoms with E-state index in [1.165, 1.54) is 20.5 Å². The molecule has 4 atom stereocenters. The van der Waals surface area contributed by atoms with Crippen molar-refractivity contribution in [3.63, 3.8) is 0 Å². The number of aromatic nitrogens is 4. The Morgan fingerprint density at radius 3 is 2.74 bits per heavy atom. The van der Waals surface area contributed by atoms with Gasteiger partial charge in [-0.25, -0.2) is 4.98 Å². The summed E-state index contributed by atoms with van der Waals surface area (Å²) in [5, 5.41) is 29.1. The largest absolute Gasteiger partial charge is 0.479 e. The van der Waals surface area contributed by atoms with Crippen molar-refractivity contribution in [3.05, 3.63) is 6.33 Å². The van der Waals surface area contributed by atoms with Crippen molar-refractivity contribution >= 4 is 11.2 Å². The standard InChI is InChI=1S/C13H18N4O6/c1-21-12-9-11(15-13(16-12)22-2)17(5-14-9)8-3-6(19)10(20)7(4-18)23-8/h5-8,10,18-20H,3-4H2,1-2H3/t6-,7-,8+,10+/m1/s1. The molecule has 10 nitrogen and oxygen atoms in total. The maximum atomic E-state index is 9.97. The maximum absolute atomic E-state index is 9.97. The summed E-state index contributed by atoms with van der Waals surface area (Å²) in [5.41, 5.74) is 0.817. The number of hydrogen-bond donors (Lipinski definition) is 3. The van der Waals surface area contributed by atoms with Gasteiger partial charge in [-0.15, -0.1) is 0 Å². The smallest absolute Gasteiger partial charge is 0.321 e. The summed E-state index contributed by atoms with van der Waals surface area (Å²) in [6.45, 7) is -0.414. The first-order valence-corrected chi connectivity index (χ1v) is 7.04. The zero-order valence-corrected chi connectivity index (χ0v) is 12.7. The van der Waals surface area contributed by atoms with E-state index in [9.17, 15) is 15.3 Å². The van der Waals surface area contributed by atoms with Crippen LogP contribution in [0.1, 0.15) is 12.6 Å². The fourth-order valence-corrected chi connectivity index (χ4v) is 2.58. The van der Waals surface area contributed by atoms with Crippen molar-refractivity contribution in [2.75, 3.05) is 20.8 Å². The average Bonchev–Trinajstić information content (AvgIpc) is 3.00. The molecular formula is C13H18N4O6. The van der Waals surface area contributed by atoms with Gasteiger partial charge in [0.2, 0.25) is 5.88 Å². The van der Waals surface area contributed by atoms with E-state index in [0.29, 0.717) is 11.2 Å². The summed E-state index contributed by atoms with van der Waals surface area (Å²) in [5.74, 6) is 0.251. The number of nitrogens with zero attached hydrogens (tertiary/aromatic N) is 4. The fourth-order valence-electron chi connectivity index (χ4n) is 2.58. The third-order valence-electron chi connectivity index (χ3n) is 3.79. The molecule has 1 aliphatic rings. The van der Waals surface area contributed by atoms with Gasteiger partial charge >= 0.3 is 6.01 Å². The van der Waals surface area contributed by atoms with Crippen LogP contribution in [-0.4, -0.2) is 74.0 Å². The van der Waals surface area contributed by atoms with Gasteiger partial charge in [0.25, 0.3) is 0 Å². The van der Waals surface area contributed by atoms with Gasteiger partial charge in [-0.2, -0.15) is 9.97 Å². The van der Waals surface area contributed by atoms with Crippen LogP contribution < -0.4 is 9.47 Å². The molecule has 1 aliphatic heterocycles. The molecule has 0 aliphatic carbocycles. The van der Waals surface area contributed by atoms with E-state index in [2.05, 4.69) is 15.0 Å². The Kier molecular flexibility index (Phi) is 4.31. The molecule has 0 saturated carbocycles. The molecule has 3 N–H and O–H groups in total. The van der Waals surface area contributed by atoms with E-state index in [-0.39, 0.29) is 18.3 Å². The van der Waals surface area contributed by atoms with Crippen molar-refractivity contribution in [2.24, 2.45) is 0 Å². The predicted molar refractivity (Wildman–Crippen MR) is 76.1 cm³/mol. The Bertz CT molecular complexity index is 692. The normalized spacial score (nSPS) is 28.0. The minimum atomic E-state index is -1.15. The van der Waals surface area contributed by atoms with Crippen LogP contribution in [-0.2, 0) is 4.74 Å². The topological polar surface area (TPSA) is 132 Å². The van der Waals surface area contributed by atoms with Gasteiger partial charge in [0.1, 0.15) is 18.4 Å². The Balaban J connectivity index is 2.03. The lowest BCUT2D eigenvalue weighted by Gasteiger charge is -2.36. The molecular weight excluding hydrogens is 308 g/mol. The molecule has 0 unspecified atom stereocenters. The highest BCUT2D eigenvalue weighted by molar-refractivity contribution is 5.76. The summed E-state index contributed by atoms with van der Waals surface area (Å²) < 4.78 is 17.4. The lowest BCUT2D eigenvalue weighted by atomic mass is 10.0. The van der Waals surface area contributed by atoms with Crippen LogP contribution >= 0.6 is 0 Å². The van der Waals surface area contributed by atoms with Crippen LogP contribution in [0, 0.1) is 0 Å². The highest BCUT2D eigenvalue weighted by atomic mass is 16.5. The molecule has 1 fully saturated rings. The van der Waals surface area contributed by atoms with Crippen molar-refractivity contribution in [3.8, 4) is 11.9 Å². The first-order chi connectivity index (χ1) is 11.1. The van der Waals surface area contributed by atoms with Crippen LogP contribution in [0.4, 0.5) is 0 Å². The van der Waals surface area contributed by atoms with E-state index in [0.717, 1.165) is 0 Å². The number of rotatable bonds is 4. The van der Waals surface area contributed by atoms with Gasteiger partial charge in [0, 0.05) is 6.42 Å². The van der Waals surface area contributed by atoms with Gasteiger partial charge in [0.05, 0.1) is 33.3 Å². The number of methoxy groups -OCH3 is 2. The minimum absolute atomic E-state index is 0.103. The summed E-state index contributed by atoms with van der Waals surface area (Å²) >= 11 is 0. The maximum Gasteiger partial charge on any atom is 0.321 e. The third-order valence-corrected chi connectivity index (χ3v) is 3.79. The Morgan fingerprint density at radius 1 is 1.30 bits per heavy atom. The van der Waals surface area contributed by atoms with Gasteiger partial charge < -0.3 is 29.5 Å². The van der Waals surface area contributed by atoms with Crippen molar-refractivity contribution in [1.82, 2.24) is 19.5 Å². The fraction of sp³-hybridized carbons (Fsp3) is 0.615. The van der Waals surface area contributed by atoms with Gasteiger partial charge in [0.15, 0.2) is 11.2 Å². The molecule has 3 rings (SSSR count). The lowest BCUT2D eigenvalue weighted by molar-refractivity contribution is -0.200. The summed E-state index contributed by atoms with van der Waals surface area (Å²) in [7, 11) is 2.89. The van der Waals surface area contributed by atoms with Gasteiger partial charge in [-0.05, 0) is 0 Å². The molecule has 0 amide bonds. The Hall–Kier alpha value is -2.01. The van der Waals surface area contributed by atoms with E-state index in [1.807, 2.05) is 0 Å². The number of aliphatic hydroxyl groups excluding tert-OH is 3. The predicted octanol–water partition coefficient (Wildman–Crippen LogP) is -1.15. The van der Waals surface area contributed by atoms with Crippen LogP contribution in [0.2, 0.25) is 0 Å². The second-order valence-corrected chi connectivity index (χ2v) is 5.15. The van der Waals surface area contributed by atoms with Crippen LogP contribution in [0.3, 0.4) is 0 Å². The minimum Gasteiger partial charge on any atom is -0.479 e. The van der Waals surface area contributed by atoms with Crippen molar-refractivity contribution in [2.45, 2.75) is 31.0 Å². The molecule has 2 aromatic rings. The number of imidazole rings is 1. The van der Waals surface area contributed by atoms with E-state index in [4.69, 9.17) is 14.2 Å². The molecule has 2 aromatic heterocycles. The zero-order chi connectivity index (χ0) is 16.6. The molecule has 1 saturated heterocycles. The second-order valence-electron chi connectivity index (χ2n) is 5.15. The zero-order valence-electron chi connectivity index (χ0n) is 12.7. The molecule has 126 valence electrons. The highest BCUT2D eigenvalue weighted by Gasteiger charge is 2.37. The first kappa shape index (κ1) is 15.9. The van der Waals surface area contributed by atoms with Crippen molar-refractivity contribution in [1.29, 1.82) is 0 Å². The van der Waals surface area contributed by atoms with Crippen LogP contribution in [0.15, 0.2) is 6.33 Å². The van der Waals surface area contributed by atoms with E-state index in [1.54, 1.807) is 4.57 Å². The summed E-state index contributed by atoms with van der Waals surface area (Å²) in [6, 6.07) is 0.103. The van der Waals surface area contributed by atoms with Gasteiger partial charge in [-0.3, -0.25) is 4.57 Å². The SMILES string of the molecule is COc1nc(OC)c2ncn([C@@H]3C[C@@H](O)[C@H](O)[C@@H](CO)O3)c2n1. The molecule has 0 spiro atoms. The average molecular weight is 326 g/mol. The molecule has 0 bridgehead atoms. The van der Waals surface area contributed by atoms with Crippen LogP contribution in [0.5, 0.6) is 11.9 Å². The lowest BCUT2D eigenvalue weighted by Crippen LogP contribution is -2.48. The van der Waals surface area contributed by atoms with Gasteiger partial charge in [-0.1, -0.05) is 0 Å². The number of hydrogen-bond acceptors (Lipinski definition) is 9. The molecule has 3 heterocycles. The quantitative estimate of drug-likeness (QED) is 0.636. The Labute approximate surface area is 131 Å². The highest BCUT2D eigenvalue weighted by Crippen LogP contribution is 2.32. The summed E-state index contributed by atoms with van der Waals surface area (Å²) in [6.07, 6.45) is -2.13. The number of ether oxygens (including phenoxy) is 3. The Morgan fingerprint density at radius 2 is 2.09 bits per heavy atom. The molecule has 0 aromatic carbocycles. The number of fused-ring (bicyclic) bond motifs is 1. The first-order valence-electron chi connectivity index (χ1n) is 7.04. The van der Waals surface area contributed by atoms with Crippen LogP contribution in [0.25, 0.3) is 11.2 Å². The second kappa shape index (κ2) is 6.24. The van der Waals surface area contributed by atoms with E-state index >= 15 is 0 Å². The monoisotopic (exact) mass is 326 g/mol. The molecule has 0 radical (unpaired) electrons.